The Hall–Kier alpha value is -0.980. The summed E-state index contributed by atoms with van der Waals surface area (Å²) in [6.07, 6.45) is 21.4. The topological polar surface area (TPSA) is 12.0 Å². The van der Waals surface area contributed by atoms with Crippen LogP contribution in [0.25, 0.3) is 0 Å². The van der Waals surface area contributed by atoms with Gasteiger partial charge in [-0.2, -0.15) is 0 Å². The van der Waals surface area contributed by atoms with Crippen LogP contribution in [0.2, 0.25) is 0 Å². The van der Waals surface area contributed by atoms with Crippen molar-refractivity contribution in [3.05, 3.63) is 36.2 Å². The summed E-state index contributed by atoms with van der Waals surface area (Å²) < 4.78 is 0. The molecule has 0 saturated carbocycles. The molecule has 0 aromatic carbocycles. The summed E-state index contributed by atoms with van der Waals surface area (Å²) in [6, 6.07) is 0. The number of nitrogens with one attached hydrogen (secondary N) is 1. The minimum atomic E-state index is 1.22. The largest absolute Gasteiger partial charge is 0.368 e. The molecule has 0 bridgehead atoms. The van der Waals surface area contributed by atoms with Crippen LogP contribution in [-0.2, 0) is 0 Å². The zero-order valence-electron chi connectivity index (χ0n) is 10.5. The molecule has 1 heteroatoms. The van der Waals surface area contributed by atoms with Crippen molar-refractivity contribution in [1.82, 2.24) is 5.32 Å². The fraction of sp³-hybridized carbons (Fsp3) is 0.600. The van der Waals surface area contributed by atoms with Gasteiger partial charge in [-0.05, 0) is 30.6 Å². The first-order chi connectivity index (χ1) is 7.93. The highest BCUT2D eigenvalue weighted by Gasteiger charge is 1.95. The summed E-state index contributed by atoms with van der Waals surface area (Å²) in [5.74, 6) is 0. The molecule has 0 spiro atoms. The molecule has 1 rings (SSSR count). The maximum atomic E-state index is 3.09. The minimum Gasteiger partial charge on any atom is -0.368 e. The van der Waals surface area contributed by atoms with Gasteiger partial charge in [-0.25, -0.2) is 0 Å². The van der Waals surface area contributed by atoms with E-state index < -0.39 is 0 Å². The molecule has 0 aromatic rings. The van der Waals surface area contributed by atoms with Gasteiger partial charge in [0.1, 0.15) is 0 Å². The lowest BCUT2D eigenvalue weighted by Crippen LogP contribution is -1.88. The Balaban J connectivity index is 1.98. The maximum Gasteiger partial charge on any atom is 0.000717 e. The van der Waals surface area contributed by atoms with Crippen molar-refractivity contribution in [3.63, 3.8) is 0 Å². The summed E-state index contributed by atoms with van der Waals surface area (Å²) in [7, 11) is 0. The molecule has 0 aromatic heterocycles. The van der Waals surface area contributed by atoms with Gasteiger partial charge >= 0.3 is 0 Å². The number of hydrogen-bond donors (Lipinski definition) is 1. The SMILES string of the molecule is CCCCCCCCCC1=CC=CNC=C1. The van der Waals surface area contributed by atoms with Gasteiger partial charge in [-0.1, -0.05) is 51.5 Å². The Morgan fingerprint density at radius 2 is 1.69 bits per heavy atom. The van der Waals surface area contributed by atoms with Crippen molar-refractivity contribution >= 4 is 0 Å². The van der Waals surface area contributed by atoms with Crippen LogP contribution in [-0.4, -0.2) is 0 Å². The fourth-order valence-corrected chi connectivity index (χ4v) is 1.95. The Kier molecular flexibility index (Phi) is 7.57. The van der Waals surface area contributed by atoms with Gasteiger partial charge in [0, 0.05) is 12.4 Å². The fourth-order valence-electron chi connectivity index (χ4n) is 1.95. The Morgan fingerprint density at radius 1 is 0.938 bits per heavy atom. The van der Waals surface area contributed by atoms with Crippen LogP contribution in [0.15, 0.2) is 36.2 Å². The van der Waals surface area contributed by atoms with Gasteiger partial charge in [0.05, 0.1) is 0 Å². The van der Waals surface area contributed by atoms with Crippen LogP contribution in [0.5, 0.6) is 0 Å². The van der Waals surface area contributed by atoms with Crippen LogP contribution >= 0.6 is 0 Å². The lowest BCUT2D eigenvalue weighted by atomic mass is 10.0. The third-order valence-electron chi connectivity index (χ3n) is 2.97. The maximum absolute atomic E-state index is 3.09. The van der Waals surface area contributed by atoms with E-state index in [9.17, 15) is 0 Å². The van der Waals surface area contributed by atoms with Gasteiger partial charge in [0.25, 0.3) is 0 Å². The molecule has 16 heavy (non-hydrogen) atoms. The van der Waals surface area contributed by atoms with Crippen molar-refractivity contribution in [3.8, 4) is 0 Å². The number of allylic oxidation sites excluding steroid dienone is 4. The normalized spacial score (nSPS) is 14.4. The molecule has 1 aliphatic heterocycles. The van der Waals surface area contributed by atoms with Crippen LogP contribution in [0.1, 0.15) is 58.3 Å². The molecule has 0 unspecified atom stereocenters. The molecule has 0 aliphatic carbocycles. The lowest BCUT2D eigenvalue weighted by Gasteiger charge is -2.02. The van der Waals surface area contributed by atoms with E-state index >= 15 is 0 Å². The highest BCUT2D eigenvalue weighted by Crippen LogP contribution is 2.13. The second-order valence-corrected chi connectivity index (χ2v) is 4.47. The molecule has 1 heterocycles. The first kappa shape index (κ1) is 13.1. The second-order valence-electron chi connectivity index (χ2n) is 4.47. The molecular weight excluding hydrogens is 194 g/mol. The van der Waals surface area contributed by atoms with Gasteiger partial charge in [-0.3, -0.25) is 0 Å². The van der Waals surface area contributed by atoms with Gasteiger partial charge < -0.3 is 5.32 Å². The zero-order valence-corrected chi connectivity index (χ0v) is 10.5. The van der Waals surface area contributed by atoms with E-state index in [1.807, 2.05) is 12.4 Å². The van der Waals surface area contributed by atoms with E-state index in [0.29, 0.717) is 0 Å². The van der Waals surface area contributed by atoms with Crippen LogP contribution in [0, 0.1) is 0 Å². The summed E-state index contributed by atoms with van der Waals surface area (Å²) in [4.78, 5) is 0. The minimum absolute atomic E-state index is 1.22. The summed E-state index contributed by atoms with van der Waals surface area (Å²) >= 11 is 0. The standard InChI is InChI=1S/C15H25N/c1-2-3-4-5-6-7-8-10-15-11-9-13-16-14-12-15/h9,11-14,16H,2-8,10H2,1H3. The molecule has 90 valence electrons. The molecule has 1 N–H and O–H groups in total. The predicted molar refractivity (Wildman–Crippen MR) is 72.1 cm³/mol. The first-order valence-electron chi connectivity index (χ1n) is 6.72. The Morgan fingerprint density at radius 3 is 2.50 bits per heavy atom. The third-order valence-corrected chi connectivity index (χ3v) is 2.97. The van der Waals surface area contributed by atoms with E-state index in [1.54, 1.807) is 0 Å². The number of unbranched alkanes of at least 4 members (excludes halogenated alkanes) is 6. The monoisotopic (exact) mass is 219 g/mol. The van der Waals surface area contributed by atoms with E-state index in [0.717, 1.165) is 0 Å². The smallest absolute Gasteiger partial charge is 0.000717 e. The highest BCUT2D eigenvalue weighted by atomic mass is 14.8. The molecule has 0 atom stereocenters. The van der Waals surface area contributed by atoms with Crippen molar-refractivity contribution in [1.29, 1.82) is 0 Å². The van der Waals surface area contributed by atoms with Crippen molar-refractivity contribution < 1.29 is 0 Å². The molecule has 1 nitrogen and oxygen atoms in total. The Labute approximate surface area is 100 Å². The van der Waals surface area contributed by atoms with Gasteiger partial charge in [0.15, 0.2) is 0 Å². The number of hydrogen-bond acceptors (Lipinski definition) is 1. The third kappa shape index (κ3) is 6.49. The zero-order chi connectivity index (χ0) is 11.5. The average Bonchev–Trinajstić information content (AvgIpc) is 2.56. The first-order valence-corrected chi connectivity index (χ1v) is 6.72. The van der Waals surface area contributed by atoms with Gasteiger partial charge in [0.2, 0.25) is 0 Å². The summed E-state index contributed by atoms with van der Waals surface area (Å²) in [5.41, 5.74) is 1.44. The molecular formula is C15H25N. The van der Waals surface area contributed by atoms with Crippen LogP contribution in [0.4, 0.5) is 0 Å². The molecule has 1 aliphatic rings. The quantitative estimate of drug-likeness (QED) is 0.584. The average molecular weight is 219 g/mol. The van der Waals surface area contributed by atoms with E-state index in [-0.39, 0.29) is 0 Å². The molecule has 0 amide bonds. The summed E-state index contributed by atoms with van der Waals surface area (Å²) in [6.45, 7) is 2.27. The van der Waals surface area contributed by atoms with Crippen molar-refractivity contribution in [2.75, 3.05) is 0 Å². The van der Waals surface area contributed by atoms with Gasteiger partial charge in [-0.15, -0.1) is 0 Å². The van der Waals surface area contributed by atoms with E-state index in [4.69, 9.17) is 0 Å². The Bertz CT molecular complexity index is 248. The number of rotatable bonds is 8. The van der Waals surface area contributed by atoms with Crippen molar-refractivity contribution in [2.45, 2.75) is 58.3 Å². The molecule has 0 saturated heterocycles. The molecule has 0 fully saturated rings. The summed E-state index contributed by atoms with van der Waals surface area (Å²) in [5, 5.41) is 3.09. The molecule has 0 radical (unpaired) electrons. The second kappa shape index (κ2) is 9.26. The lowest BCUT2D eigenvalue weighted by molar-refractivity contribution is 0.590. The van der Waals surface area contributed by atoms with E-state index in [1.165, 1.54) is 56.9 Å². The van der Waals surface area contributed by atoms with Crippen LogP contribution < -0.4 is 5.32 Å². The van der Waals surface area contributed by atoms with E-state index in [2.05, 4.69) is 30.5 Å². The highest BCUT2D eigenvalue weighted by molar-refractivity contribution is 5.25. The van der Waals surface area contributed by atoms with Crippen LogP contribution in [0.3, 0.4) is 0 Å². The predicted octanol–water partition coefficient (Wildman–Crippen LogP) is 4.68. The van der Waals surface area contributed by atoms with Crippen molar-refractivity contribution in [2.24, 2.45) is 0 Å².